The molecule has 1 amide bonds. The lowest BCUT2D eigenvalue weighted by Gasteiger charge is -2.14. The van der Waals surface area contributed by atoms with Crippen LogP contribution in [0.3, 0.4) is 0 Å². The van der Waals surface area contributed by atoms with Crippen molar-refractivity contribution in [2.45, 2.75) is 6.61 Å². The lowest BCUT2D eigenvalue weighted by Crippen LogP contribution is -2.16. The second-order valence-corrected chi connectivity index (χ2v) is 10.7. The summed E-state index contributed by atoms with van der Waals surface area (Å²) in [5.74, 6) is 0.885. The molecule has 0 saturated heterocycles. The maximum absolute atomic E-state index is 12.5. The van der Waals surface area contributed by atoms with Crippen LogP contribution in [0, 0.1) is 7.14 Å². The molecule has 0 saturated carbocycles. The molecular formula is C24H16BrClI2N2O4. The number of halogens is 4. The second kappa shape index (κ2) is 11.3. The summed E-state index contributed by atoms with van der Waals surface area (Å²) in [6.07, 6.45) is 1.53. The standard InChI is InChI=1S/C24H16BrClI2N2O4/c1-32-20-7-13(6-18(27)23(20)33-12-14-4-2-3-5-17(14)26)11-29-30-24(31)21-9-15-8-16(25)10-19(28)22(15)34-21/h2-11H,12H2,1H3,(H,30,31)/b29-11-. The number of methoxy groups -OCH3 is 1. The first-order valence-corrected chi connectivity index (χ1v) is 13.1. The first-order chi connectivity index (χ1) is 16.4. The Bertz CT molecular complexity index is 1410. The van der Waals surface area contributed by atoms with E-state index < -0.39 is 5.91 Å². The zero-order valence-electron chi connectivity index (χ0n) is 17.6. The van der Waals surface area contributed by atoms with Gasteiger partial charge in [0.05, 0.1) is 20.5 Å². The smallest absolute Gasteiger partial charge is 0.307 e. The third-order valence-electron chi connectivity index (χ3n) is 4.72. The molecule has 10 heteroatoms. The van der Waals surface area contributed by atoms with Crippen LogP contribution >= 0.6 is 72.7 Å². The molecule has 1 heterocycles. The normalized spacial score (nSPS) is 11.2. The number of furan rings is 1. The first kappa shape index (κ1) is 25.3. The SMILES string of the molecule is COc1cc(/C=N\NC(=O)c2cc3cc(Br)cc(I)c3o2)cc(I)c1OCc1ccccc1Cl. The molecule has 0 spiro atoms. The average Bonchev–Trinajstić information content (AvgIpc) is 3.23. The fraction of sp³-hybridized carbons (Fsp3) is 0.0833. The van der Waals surface area contributed by atoms with Crippen LogP contribution in [0.15, 0.2) is 68.6 Å². The molecule has 0 unspecified atom stereocenters. The summed E-state index contributed by atoms with van der Waals surface area (Å²) in [6.45, 7) is 0.308. The fourth-order valence-corrected chi connectivity index (χ4v) is 5.76. The Morgan fingerprint density at radius 3 is 2.74 bits per heavy atom. The molecule has 0 aliphatic rings. The van der Waals surface area contributed by atoms with E-state index in [0.29, 0.717) is 28.7 Å². The number of amides is 1. The average molecular weight is 766 g/mol. The maximum Gasteiger partial charge on any atom is 0.307 e. The Hall–Kier alpha value is -1.83. The Morgan fingerprint density at radius 2 is 1.97 bits per heavy atom. The van der Waals surface area contributed by atoms with E-state index in [4.69, 9.17) is 25.5 Å². The number of ether oxygens (including phenoxy) is 2. The molecule has 1 N–H and O–H groups in total. The summed E-state index contributed by atoms with van der Waals surface area (Å²) in [6, 6.07) is 16.7. The number of hydrogen-bond acceptors (Lipinski definition) is 5. The summed E-state index contributed by atoms with van der Waals surface area (Å²) in [7, 11) is 1.57. The van der Waals surface area contributed by atoms with Gasteiger partial charge in [-0.15, -0.1) is 0 Å². The molecule has 0 bridgehead atoms. The number of carbonyl (C=O) groups excluding carboxylic acids is 1. The topological polar surface area (TPSA) is 73.1 Å². The van der Waals surface area contributed by atoms with Crippen molar-refractivity contribution in [2.75, 3.05) is 7.11 Å². The summed E-state index contributed by atoms with van der Waals surface area (Å²) < 4.78 is 19.8. The molecule has 174 valence electrons. The Balaban J connectivity index is 1.46. The zero-order chi connectivity index (χ0) is 24.2. The molecule has 1 aromatic heterocycles. The van der Waals surface area contributed by atoms with Crippen molar-refractivity contribution in [3.05, 3.63) is 88.1 Å². The van der Waals surface area contributed by atoms with Crippen molar-refractivity contribution < 1.29 is 18.7 Å². The number of rotatable bonds is 7. The number of hydrogen-bond donors (Lipinski definition) is 1. The van der Waals surface area contributed by atoms with Crippen molar-refractivity contribution >= 4 is 95.8 Å². The molecule has 6 nitrogen and oxygen atoms in total. The predicted octanol–water partition coefficient (Wildman–Crippen LogP) is 7.41. The summed E-state index contributed by atoms with van der Waals surface area (Å²) in [5.41, 5.74) is 4.77. The predicted molar refractivity (Wildman–Crippen MR) is 153 cm³/mol. The highest BCUT2D eigenvalue weighted by molar-refractivity contribution is 14.1. The van der Waals surface area contributed by atoms with Crippen LogP contribution in [0.5, 0.6) is 11.5 Å². The van der Waals surface area contributed by atoms with Gasteiger partial charge in [0.2, 0.25) is 0 Å². The largest absolute Gasteiger partial charge is 0.493 e. The second-order valence-electron chi connectivity index (χ2n) is 7.03. The van der Waals surface area contributed by atoms with Crippen molar-refractivity contribution in [2.24, 2.45) is 5.10 Å². The minimum Gasteiger partial charge on any atom is -0.493 e. The Morgan fingerprint density at radius 1 is 1.18 bits per heavy atom. The van der Waals surface area contributed by atoms with Crippen LogP contribution in [-0.2, 0) is 6.61 Å². The van der Waals surface area contributed by atoms with E-state index in [0.717, 1.165) is 28.1 Å². The summed E-state index contributed by atoms with van der Waals surface area (Å²) in [5, 5.41) is 5.54. The Kier molecular flexibility index (Phi) is 8.38. The highest BCUT2D eigenvalue weighted by atomic mass is 127. The Labute approximate surface area is 236 Å². The highest BCUT2D eigenvalue weighted by Gasteiger charge is 2.15. The lowest BCUT2D eigenvalue weighted by molar-refractivity contribution is 0.0929. The molecule has 0 fully saturated rings. The molecule has 34 heavy (non-hydrogen) atoms. The van der Waals surface area contributed by atoms with E-state index in [1.807, 2.05) is 42.5 Å². The molecule has 0 aliphatic heterocycles. The maximum atomic E-state index is 12.5. The monoisotopic (exact) mass is 764 g/mol. The van der Waals surface area contributed by atoms with Crippen LogP contribution in [0.25, 0.3) is 11.0 Å². The number of nitrogens with zero attached hydrogens (tertiary/aromatic N) is 1. The third kappa shape index (κ3) is 5.86. The van der Waals surface area contributed by atoms with Gasteiger partial charge in [-0.3, -0.25) is 4.79 Å². The van der Waals surface area contributed by atoms with Gasteiger partial charge in [0.1, 0.15) is 12.2 Å². The van der Waals surface area contributed by atoms with Gasteiger partial charge < -0.3 is 13.9 Å². The van der Waals surface area contributed by atoms with Gasteiger partial charge in [-0.2, -0.15) is 5.10 Å². The van der Waals surface area contributed by atoms with Gasteiger partial charge in [0.15, 0.2) is 17.3 Å². The van der Waals surface area contributed by atoms with Gasteiger partial charge in [-0.05, 0) is 87.1 Å². The van der Waals surface area contributed by atoms with Crippen molar-refractivity contribution in [3.63, 3.8) is 0 Å². The van der Waals surface area contributed by atoms with E-state index in [-0.39, 0.29) is 5.76 Å². The van der Waals surface area contributed by atoms with E-state index in [1.165, 1.54) is 6.21 Å². The number of nitrogens with one attached hydrogen (secondary N) is 1. The van der Waals surface area contributed by atoms with Crippen LogP contribution < -0.4 is 14.9 Å². The molecule has 0 radical (unpaired) electrons. The van der Waals surface area contributed by atoms with Crippen LogP contribution in [0.1, 0.15) is 21.7 Å². The minimum atomic E-state index is -0.444. The van der Waals surface area contributed by atoms with Gasteiger partial charge in [0, 0.05) is 20.4 Å². The molecule has 0 aliphatic carbocycles. The number of fused-ring (bicyclic) bond motifs is 1. The lowest BCUT2D eigenvalue weighted by atomic mass is 10.2. The van der Waals surface area contributed by atoms with Gasteiger partial charge >= 0.3 is 5.91 Å². The van der Waals surface area contributed by atoms with Crippen LogP contribution in [0.2, 0.25) is 5.02 Å². The number of benzene rings is 3. The van der Waals surface area contributed by atoms with Gasteiger partial charge in [-0.1, -0.05) is 45.7 Å². The molecule has 4 aromatic rings. The number of carbonyl (C=O) groups is 1. The quantitative estimate of drug-likeness (QED) is 0.121. The van der Waals surface area contributed by atoms with Crippen LogP contribution in [-0.4, -0.2) is 19.2 Å². The fourth-order valence-electron chi connectivity index (χ4n) is 3.13. The van der Waals surface area contributed by atoms with E-state index in [1.54, 1.807) is 19.2 Å². The summed E-state index contributed by atoms with van der Waals surface area (Å²) in [4.78, 5) is 12.5. The van der Waals surface area contributed by atoms with E-state index in [2.05, 4.69) is 71.6 Å². The van der Waals surface area contributed by atoms with E-state index in [9.17, 15) is 4.79 Å². The molecular weight excluding hydrogens is 749 g/mol. The van der Waals surface area contributed by atoms with Crippen molar-refractivity contribution in [3.8, 4) is 11.5 Å². The molecule has 4 rings (SSSR count). The summed E-state index contributed by atoms with van der Waals surface area (Å²) >= 11 is 14.0. The highest BCUT2D eigenvalue weighted by Crippen LogP contribution is 2.34. The number of hydrazone groups is 1. The molecule has 3 aromatic carbocycles. The minimum absolute atomic E-state index is 0.179. The zero-order valence-corrected chi connectivity index (χ0v) is 24.2. The first-order valence-electron chi connectivity index (χ1n) is 9.81. The molecule has 0 atom stereocenters. The third-order valence-corrected chi connectivity index (χ3v) is 7.15. The van der Waals surface area contributed by atoms with Crippen molar-refractivity contribution in [1.82, 2.24) is 5.43 Å². The van der Waals surface area contributed by atoms with Crippen molar-refractivity contribution in [1.29, 1.82) is 0 Å². The van der Waals surface area contributed by atoms with E-state index >= 15 is 0 Å². The van der Waals surface area contributed by atoms with Gasteiger partial charge in [0.25, 0.3) is 0 Å². The van der Waals surface area contributed by atoms with Gasteiger partial charge in [-0.25, -0.2) is 5.43 Å². The van der Waals surface area contributed by atoms with Crippen LogP contribution in [0.4, 0.5) is 0 Å².